The highest BCUT2D eigenvalue weighted by Gasteiger charge is 2.50. The van der Waals surface area contributed by atoms with Gasteiger partial charge in [-0.05, 0) is 65.2 Å². The molecular formula is C19H30O2. The molecular weight excluding hydrogens is 260 g/mol. The van der Waals surface area contributed by atoms with Crippen LogP contribution in [0.3, 0.4) is 0 Å². The molecule has 3 atom stereocenters. The summed E-state index contributed by atoms with van der Waals surface area (Å²) in [7, 11) is 0. The first-order valence-electron chi connectivity index (χ1n) is 8.02. The average molecular weight is 290 g/mol. The van der Waals surface area contributed by atoms with Gasteiger partial charge in [-0.1, -0.05) is 41.9 Å². The van der Waals surface area contributed by atoms with Crippen molar-refractivity contribution < 1.29 is 9.90 Å². The van der Waals surface area contributed by atoms with E-state index in [1.807, 2.05) is 6.92 Å². The zero-order chi connectivity index (χ0) is 16.0. The van der Waals surface area contributed by atoms with Gasteiger partial charge in [0.15, 0.2) is 0 Å². The van der Waals surface area contributed by atoms with Gasteiger partial charge in [-0.25, -0.2) is 0 Å². The zero-order valence-corrected chi connectivity index (χ0v) is 14.1. The highest BCUT2D eigenvalue weighted by molar-refractivity contribution is 5.74. The predicted molar refractivity (Wildman–Crippen MR) is 89.2 cm³/mol. The number of hydrogen-bond donors (Lipinski definition) is 1. The van der Waals surface area contributed by atoms with Gasteiger partial charge in [0.05, 0.1) is 5.92 Å². The smallest absolute Gasteiger partial charge is 0.307 e. The Morgan fingerprint density at radius 3 is 2.10 bits per heavy atom. The lowest BCUT2D eigenvalue weighted by atomic mass is 10.1. The number of rotatable bonds is 8. The minimum atomic E-state index is -0.647. The lowest BCUT2D eigenvalue weighted by Gasteiger charge is -2.01. The molecule has 0 aromatic rings. The fourth-order valence-corrected chi connectivity index (χ4v) is 2.79. The van der Waals surface area contributed by atoms with E-state index in [1.165, 1.54) is 16.7 Å². The van der Waals surface area contributed by atoms with E-state index in [-0.39, 0.29) is 11.8 Å². The van der Waals surface area contributed by atoms with Gasteiger partial charge in [0.2, 0.25) is 0 Å². The summed E-state index contributed by atoms with van der Waals surface area (Å²) in [6, 6.07) is 0. The Hall–Kier alpha value is -1.31. The van der Waals surface area contributed by atoms with Crippen molar-refractivity contribution in [3.05, 3.63) is 34.9 Å². The number of carbonyl (C=O) groups is 1. The second-order valence-electron chi connectivity index (χ2n) is 6.72. The average Bonchev–Trinajstić information content (AvgIpc) is 2.98. The lowest BCUT2D eigenvalue weighted by molar-refractivity contribution is -0.139. The molecule has 0 aliphatic heterocycles. The predicted octanol–water partition coefficient (Wildman–Crippen LogP) is 5.37. The summed E-state index contributed by atoms with van der Waals surface area (Å²) < 4.78 is 0. The number of allylic oxidation sites excluding steroid dienone is 6. The molecule has 1 aliphatic rings. The molecule has 1 fully saturated rings. The summed E-state index contributed by atoms with van der Waals surface area (Å²) in [4.78, 5) is 11.0. The molecule has 0 unspecified atom stereocenters. The molecule has 0 amide bonds. The highest BCUT2D eigenvalue weighted by atomic mass is 16.4. The molecule has 0 aromatic carbocycles. The van der Waals surface area contributed by atoms with Crippen LogP contribution >= 0.6 is 0 Å². The van der Waals surface area contributed by atoms with Gasteiger partial charge in [-0.15, -0.1) is 0 Å². The minimum absolute atomic E-state index is 0.152. The van der Waals surface area contributed by atoms with Crippen LogP contribution in [0.25, 0.3) is 0 Å². The second-order valence-corrected chi connectivity index (χ2v) is 6.72. The summed E-state index contributed by atoms with van der Waals surface area (Å²) >= 11 is 0. The van der Waals surface area contributed by atoms with E-state index in [0.717, 1.165) is 25.7 Å². The first kappa shape index (κ1) is 17.7. The van der Waals surface area contributed by atoms with E-state index < -0.39 is 5.97 Å². The van der Waals surface area contributed by atoms with Gasteiger partial charge in [-0.2, -0.15) is 0 Å². The van der Waals surface area contributed by atoms with Gasteiger partial charge >= 0.3 is 5.97 Å². The fourth-order valence-electron chi connectivity index (χ4n) is 2.79. The summed E-state index contributed by atoms with van der Waals surface area (Å²) in [5.41, 5.74) is 4.15. The Labute approximate surface area is 129 Å². The van der Waals surface area contributed by atoms with Crippen molar-refractivity contribution >= 4 is 5.97 Å². The van der Waals surface area contributed by atoms with Crippen molar-refractivity contribution in [2.75, 3.05) is 0 Å². The third-order valence-corrected chi connectivity index (χ3v) is 4.33. The number of carboxylic acids is 1. The third-order valence-electron chi connectivity index (χ3n) is 4.33. The number of hydrogen-bond acceptors (Lipinski definition) is 1. The van der Waals surface area contributed by atoms with Crippen LogP contribution in [0.1, 0.15) is 60.3 Å². The Morgan fingerprint density at radius 1 is 1.00 bits per heavy atom. The van der Waals surface area contributed by atoms with E-state index in [1.54, 1.807) is 0 Å². The third kappa shape index (κ3) is 6.33. The van der Waals surface area contributed by atoms with Crippen molar-refractivity contribution in [1.29, 1.82) is 0 Å². The maximum atomic E-state index is 11.0. The molecule has 118 valence electrons. The number of carboxylic acid groups (broad SMARTS) is 1. The number of aliphatic carboxylic acids is 1. The Kier molecular flexibility index (Phi) is 6.94. The van der Waals surface area contributed by atoms with E-state index in [2.05, 4.69) is 45.9 Å². The summed E-state index contributed by atoms with van der Waals surface area (Å²) in [5, 5.41) is 9.03. The molecule has 1 saturated carbocycles. The highest BCUT2D eigenvalue weighted by Crippen LogP contribution is 2.47. The normalized spacial score (nSPS) is 25.7. The van der Waals surface area contributed by atoms with Crippen LogP contribution < -0.4 is 0 Å². The molecule has 2 nitrogen and oxygen atoms in total. The Bertz CT molecular complexity index is 450. The standard InChI is InChI=1S/C19H30O2/c1-13(2)8-6-9-14(3)10-7-11-15(4)12-17-16(5)18(17)19(20)21/h8,10,12,16-18H,6-7,9,11H2,1-5H3,(H,20,21)/t16-,17+,18-/m0/s1. The minimum Gasteiger partial charge on any atom is -0.481 e. The summed E-state index contributed by atoms with van der Waals surface area (Å²) in [6.45, 7) is 10.6. The van der Waals surface area contributed by atoms with Crippen LogP contribution in [0, 0.1) is 17.8 Å². The van der Waals surface area contributed by atoms with Gasteiger partial charge in [0.25, 0.3) is 0 Å². The molecule has 1 N–H and O–H groups in total. The quantitative estimate of drug-likeness (QED) is 0.610. The molecule has 0 bridgehead atoms. The van der Waals surface area contributed by atoms with Gasteiger partial charge < -0.3 is 5.11 Å². The van der Waals surface area contributed by atoms with Crippen molar-refractivity contribution in [2.24, 2.45) is 17.8 Å². The molecule has 0 spiro atoms. The molecule has 0 aromatic heterocycles. The zero-order valence-electron chi connectivity index (χ0n) is 14.1. The second kappa shape index (κ2) is 8.21. The van der Waals surface area contributed by atoms with E-state index >= 15 is 0 Å². The van der Waals surface area contributed by atoms with Gasteiger partial charge in [-0.3, -0.25) is 4.79 Å². The van der Waals surface area contributed by atoms with E-state index in [9.17, 15) is 4.79 Å². The molecule has 21 heavy (non-hydrogen) atoms. The Balaban J connectivity index is 2.32. The topological polar surface area (TPSA) is 37.3 Å². The van der Waals surface area contributed by atoms with Crippen molar-refractivity contribution in [2.45, 2.75) is 60.3 Å². The fraction of sp³-hybridized carbons (Fsp3) is 0.632. The van der Waals surface area contributed by atoms with Gasteiger partial charge in [0.1, 0.15) is 0 Å². The Morgan fingerprint density at radius 2 is 1.57 bits per heavy atom. The molecule has 0 heterocycles. The molecule has 1 rings (SSSR count). The first-order valence-corrected chi connectivity index (χ1v) is 8.02. The monoisotopic (exact) mass is 290 g/mol. The van der Waals surface area contributed by atoms with Crippen LogP contribution in [0.4, 0.5) is 0 Å². The maximum absolute atomic E-state index is 11.0. The lowest BCUT2D eigenvalue weighted by Crippen LogP contribution is -1.99. The van der Waals surface area contributed by atoms with Crippen molar-refractivity contribution in [3.63, 3.8) is 0 Å². The first-order chi connectivity index (χ1) is 9.82. The van der Waals surface area contributed by atoms with Crippen LogP contribution in [0.15, 0.2) is 34.9 Å². The van der Waals surface area contributed by atoms with Crippen LogP contribution in [-0.2, 0) is 4.79 Å². The molecule has 2 heteroatoms. The summed E-state index contributed by atoms with van der Waals surface area (Å²) in [6.07, 6.45) is 11.1. The van der Waals surface area contributed by atoms with E-state index in [0.29, 0.717) is 5.92 Å². The van der Waals surface area contributed by atoms with Crippen molar-refractivity contribution in [3.8, 4) is 0 Å². The maximum Gasteiger partial charge on any atom is 0.307 e. The largest absolute Gasteiger partial charge is 0.481 e. The van der Waals surface area contributed by atoms with Crippen LogP contribution in [0.2, 0.25) is 0 Å². The molecule has 0 saturated heterocycles. The SMILES string of the molecule is CC(C)=CCCC(C)=CCCC(C)=C[C@@H]1[C@H](C)[C@@H]1C(=O)O. The van der Waals surface area contributed by atoms with Crippen molar-refractivity contribution in [1.82, 2.24) is 0 Å². The molecule has 0 radical (unpaired) electrons. The van der Waals surface area contributed by atoms with Crippen LogP contribution in [0.5, 0.6) is 0 Å². The summed E-state index contributed by atoms with van der Waals surface area (Å²) in [5.74, 6) is -0.239. The van der Waals surface area contributed by atoms with E-state index in [4.69, 9.17) is 5.11 Å². The van der Waals surface area contributed by atoms with Crippen LogP contribution in [-0.4, -0.2) is 11.1 Å². The molecule has 1 aliphatic carbocycles. The van der Waals surface area contributed by atoms with Gasteiger partial charge in [0, 0.05) is 0 Å².